The van der Waals surface area contributed by atoms with E-state index in [0.717, 1.165) is 4.90 Å². The number of carboxylic acids is 1. The largest absolute Gasteiger partial charge is 0.480 e. The molecule has 2 heterocycles. The molecule has 0 bridgehead atoms. The Balaban J connectivity index is 1.97. The number of hydrogen-bond acceptors (Lipinski definition) is 10. The van der Waals surface area contributed by atoms with Gasteiger partial charge in [0.25, 0.3) is 0 Å². The van der Waals surface area contributed by atoms with E-state index in [1.165, 1.54) is 4.90 Å². The molecule has 2 saturated heterocycles. The van der Waals surface area contributed by atoms with E-state index in [1.54, 1.807) is 0 Å². The molecule has 0 aromatic heterocycles. The number of carbonyl (C=O) groups excluding carboxylic acids is 5. The number of hydrogen-bond donors (Lipinski definition) is 8. The number of β-amino-alcohol motifs (C(OH)–C–C–N with tert-alkyl or cyclic N) is 1. The van der Waals surface area contributed by atoms with Crippen LogP contribution in [0.15, 0.2) is 0 Å². The van der Waals surface area contributed by atoms with Gasteiger partial charge in [0.15, 0.2) is 0 Å². The second kappa shape index (κ2) is 15.3. The minimum atomic E-state index is -1.36. The molecule has 0 spiro atoms. The van der Waals surface area contributed by atoms with Crippen LogP contribution in [0.5, 0.6) is 0 Å². The number of nitrogens with one attached hydrogen (secondary N) is 3. The van der Waals surface area contributed by atoms with Crippen LogP contribution in [0.1, 0.15) is 38.5 Å². The fourth-order valence-electron chi connectivity index (χ4n) is 4.68. The molecule has 5 amide bonds. The van der Waals surface area contributed by atoms with Gasteiger partial charge in [-0.3, -0.25) is 24.0 Å². The lowest BCUT2D eigenvalue weighted by Gasteiger charge is -2.28. The summed E-state index contributed by atoms with van der Waals surface area (Å²) in [6, 6.07) is -4.53. The highest BCUT2D eigenvalue weighted by Gasteiger charge is 2.42. The van der Waals surface area contributed by atoms with Crippen molar-refractivity contribution in [3.05, 3.63) is 0 Å². The molecule has 16 heteroatoms. The zero-order valence-electron chi connectivity index (χ0n) is 21.7. The summed E-state index contributed by atoms with van der Waals surface area (Å²) in [6.45, 7) is -1.25. The van der Waals surface area contributed by atoms with Crippen LogP contribution in [0.25, 0.3) is 0 Å². The summed E-state index contributed by atoms with van der Waals surface area (Å²) < 4.78 is 0. The van der Waals surface area contributed by atoms with Gasteiger partial charge in [-0.2, -0.15) is 0 Å². The number of likely N-dealkylation sites (tertiary alicyclic amines) is 2. The molecule has 39 heavy (non-hydrogen) atoms. The Hall–Kier alpha value is -3.34. The van der Waals surface area contributed by atoms with E-state index >= 15 is 0 Å². The number of unbranched alkanes of at least 4 members (excludes halogenated alkanes) is 1. The van der Waals surface area contributed by atoms with Gasteiger partial charge in [0, 0.05) is 19.5 Å². The molecule has 0 radical (unpaired) electrons. The summed E-state index contributed by atoms with van der Waals surface area (Å²) >= 11 is 0. The Morgan fingerprint density at radius 1 is 0.949 bits per heavy atom. The Bertz CT molecular complexity index is 918. The van der Waals surface area contributed by atoms with E-state index in [1.807, 2.05) is 0 Å². The van der Waals surface area contributed by atoms with Gasteiger partial charge < -0.3 is 52.5 Å². The lowest BCUT2D eigenvalue weighted by molar-refractivity contribution is -0.144. The van der Waals surface area contributed by atoms with Gasteiger partial charge in [0.05, 0.1) is 25.8 Å². The second-order valence-electron chi connectivity index (χ2n) is 9.55. The van der Waals surface area contributed by atoms with Gasteiger partial charge >= 0.3 is 5.97 Å². The lowest BCUT2D eigenvalue weighted by atomic mass is 10.1. The van der Waals surface area contributed by atoms with Crippen molar-refractivity contribution >= 4 is 35.5 Å². The SMILES string of the molecule is NCCCCC(NC(=O)[C@@H]1CCCN1C(=O)CNC(=O)[C@@H]1C[C@@H](O)CN1C(=O)C(CO)NC(=O)CN)C(=O)O. The minimum absolute atomic E-state index is 0.121. The maximum atomic E-state index is 12.9. The van der Waals surface area contributed by atoms with Crippen molar-refractivity contribution < 1.29 is 44.1 Å². The molecular formula is C23H39N7O9. The van der Waals surface area contributed by atoms with Crippen LogP contribution < -0.4 is 27.4 Å². The zero-order valence-corrected chi connectivity index (χ0v) is 21.7. The Labute approximate surface area is 225 Å². The molecule has 2 aliphatic heterocycles. The van der Waals surface area contributed by atoms with E-state index in [-0.39, 0.29) is 25.9 Å². The number of amides is 5. The van der Waals surface area contributed by atoms with Crippen LogP contribution in [-0.4, -0.2) is 130 Å². The smallest absolute Gasteiger partial charge is 0.326 e. The minimum Gasteiger partial charge on any atom is -0.480 e. The van der Waals surface area contributed by atoms with E-state index in [0.29, 0.717) is 32.2 Å². The quantitative estimate of drug-likeness (QED) is 0.0940. The van der Waals surface area contributed by atoms with Crippen LogP contribution in [0.3, 0.4) is 0 Å². The van der Waals surface area contributed by atoms with Crippen molar-refractivity contribution in [3.8, 4) is 0 Å². The van der Waals surface area contributed by atoms with Gasteiger partial charge in [0.2, 0.25) is 29.5 Å². The van der Waals surface area contributed by atoms with Crippen molar-refractivity contribution in [2.45, 2.75) is 68.8 Å². The van der Waals surface area contributed by atoms with Crippen LogP contribution in [0, 0.1) is 0 Å². The number of nitrogens with two attached hydrogens (primary N) is 2. The first kappa shape index (κ1) is 31.9. The molecule has 2 rings (SSSR count). The monoisotopic (exact) mass is 557 g/mol. The van der Waals surface area contributed by atoms with Crippen molar-refractivity contribution in [3.63, 3.8) is 0 Å². The third-order valence-electron chi connectivity index (χ3n) is 6.72. The number of rotatable bonds is 14. The van der Waals surface area contributed by atoms with Gasteiger partial charge in [-0.25, -0.2) is 4.79 Å². The van der Waals surface area contributed by atoms with E-state index in [2.05, 4.69) is 16.0 Å². The topological polar surface area (TPSA) is 258 Å². The third-order valence-corrected chi connectivity index (χ3v) is 6.72. The molecule has 16 nitrogen and oxygen atoms in total. The molecule has 0 saturated carbocycles. The fraction of sp³-hybridized carbons (Fsp3) is 0.739. The average Bonchev–Trinajstić information content (AvgIpc) is 3.56. The maximum Gasteiger partial charge on any atom is 0.326 e. The predicted octanol–water partition coefficient (Wildman–Crippen LogP) is -4.81. The van der Waals surface area contributed by atoms with Crippen LogP contribution in [-0.2, 0) is 28.8 Å². The second-order valence-corrected chi connectivity index (χ2v) is 9.55. The number of nitrogens with zero attached hydrogens (tertiary/aromatic N) is 2. The molecule has 220 valence electrons. The van der Waals surface area contributed by atoms with Crippen molar-refractivity contribution in [2.24, 2.45) is 11.5 Å². The molecule has 2 aliphatic rings. The Morgan fingerprint density at radius 2 is 1.67 bits per heavy atom. The molecule has 2 unspecified atom stereocenters. The van der Waals surface area contributed by atoms with Crippen LogP contribution in [0.2, 0.25) is 0 Å². The molecule has 0 aliphatic carbocycles. The number of carbonyl (C=O) groups is 6. The molecule has 10 N–H and O–H groups in total. The van der Waals surface area contributed by atoms with Gasteiger partial charge in [0.1, 0.15) is 24.2 Å². The molecule has 0 aromatic carbocycles. The number of aliphatic hydroxyl groups excluding tert-OH is 2. The average molecular weight is 558 g/mol. The molecule has 2 fully saturated rings. The first-order valence-electron chi connectivity index (χ1n) is 12.9. The highest BCUT2D eigenvalue weighted by atomic mass is 16.4. The number of aliphatic carboxylic acids is 1. The summed E-state index contributed by atoms with van der Waals surface area (Å²) in [7, 11) is 0. The van der Waals surface area contributed by atoms with Gasteiger partial charge in [-0.05, 0) is 38.6 Å². The van der Waals surface area contributed by atoms with Crippen molar-refractivity contribution in [2.75, 3.05) is 39.3 Å². The predicted molar refractivity (Wildman–Crippen MR) is 134 cm³/mol. The summed E-state index contributed by atoms with van der Waals surface area (Å²) in [4.78, 5) is 76.7. The van der Waals surface area contributed by atoms with Crippen molar-refractivity contribution in [1.29, 1.82) is 0 Å². The standard InChI is InChI=1S/C23H39N7O9/c24-6-2-1-4-14(23(38)39)28-21(36)16-5-3-7-29(16)19(34)10-26-20(35)17-8-13(32)11-30(17)22(37)15(12-31)27-18(33)9-25/h13-17,31-32H,1-12,24-25H2,(H,26,35)(H,27,33)(H,28,36)(H,38,39)/t13-,14?,15?,16+,17+/m1/s1. The first-order chi connectivity index (χ1) is 18.5. The zero-order chi connectivity index (χ0) is 29.1. The van der Waals surface area contributed by atoms with Crippen LogP contribution >= 0.6 is 0 Å². The highest BCUT2D eigenvalue weighted by molar-refractivity contribution is 5.95. The summed E-state index contributed by atoms with van der Waals surface area (Å²) in [6.07, 6.45) is 1.00. The van der Waals surface area contributed by atoms with E-state index < -0.39 is 85.5 Å². The summed E-state index contributed by atoms with van der Waals surface area (Å²) in [5.41, 5.74) is 10.7. The normalized spacial score (nSPS) is 22.2. The van der Waals surface area contributed by atoms with Gasteiger partial charge in [-0.15, -0.1) is 0 Å². The third kappa shape index (κ3) is 8.84. The van der Waals surface area contributed by atoms with Gasteiger partial charge in [-0.1, -0.05) is 0 Å². The Kier molecular flexibility index (Phi) is 12.5. The number of carboxylic acid groups (broad SMARTS) is 1. The Morgan fingerprint density at radius 3 is 2.28 bits per heavy atom. The number of aliphatic hydroxyl groups is 2. The highest BCUT2D eigenvalue weighted by Crippen LogP contribution is 2.20. The van der Waals surface area contributed by atoms with Crippen LogP contribution in [0.4, 0.5) is 0 Å². The molecule has 0 aromatic rings. The summed E-state index contributed by atoms with van der Waals surface area (Å²) in [5, 5.41) is 36.1. The first-order valence-corrected chi connectivity index (χ1v) is 12.9. The van der Waals surface area contributed by atoms with E-state index in [4.69, 9.17) is 11.5 Å². The molecule has 5 atom stereocenters. The van der Waals surface area contributed by atoms with Crippen molar-refractivity contribution in [1.82, 2.24) is 25.8 Å². The lowest BCUT2D eigenvalue weighted by Crippen LogP contribution is -2.56. The summed E-state index contributed by atoms with van der Waals surface area (Å²) in [5.74, 6) is -4.58. The molecular weight excluding hydrogens is 518 g/mol. The fourth-order valence-corrected chi connectivity index (χ4v) is 4.68. The van der Waals surface area contributed by atoms with E-state index in [9.17, 15) is 44.1 Å². The maximum absolute atomic E-state index is 12.9.